The molecule has 4 rings (SSSR count). The smallest absolute Gasteiger partial charge is 0.0601 e. The highest BCUT2D eigenvalue weighted by Gasteiger charge is 2.62. The molecular formula is C21H36O2. The van der Waals surface area contributed by atoms with Gasteiger partial charge in [0.1, 0.15) is 0 Å². The fraction of sp³-hybridized carbons (Fsp3) is 1.00. The first-order valence-electron chi connectivity index (χ1n) is 10.2. The molecule has 0 aromatic heterocycles. The molecule has 0 bridgehead atoms. The van der Waals surface area contributed by atoms with Gasteiger partial charge >= 0.3 is 0 Å². The first-order valence-corrected chi connectivity index (χ1v) is 10.2. The minimum Gasteiger partial charge on any atom is -0.393 e. The van der Waals surface area contributed by atoms with Crippen molar-refractivity contribution in [2.24, 2.45) is 40.4 Å². The lowest BCUT2D eigenvalue weighted by Crippen LogP contribution is -2.53. The van der Waals surface area contributed by atoms with Crippen LogP contribution in [0.2, 0.25) is 0 Å². The van der Waals surface area contributed by atoms with Gasteiger partial charge in [-0.05, 0) is 86.4 Å². The highest BCUT2D eigenvalue weighted by atomic mass is 16.3. The lowest BCUT2D eigenvalue weighted by molar-refractivity contribution is -0.120. The molecule has 4 saturated carbocycles. The zero-order valence-electron chi connectivity index (χ0n) is 15.3. The largest absolute Gasteiger partial charge is 0.393 e. The molecule has 0 heterocycles. The molecule has 2 heteroatoms. The van der Waals surface area contributed by atoms with E-state index in [0.717, 1.165) is 24.2 Å². The van der Waals surface area contributed by atoms with Crippen LogP contribution in [0.1, 0.15) is 78.6 Å². The number of hydrogen-bond acceptors (Lipinski definition) is 2. The van der Waals surface area contributed by atoms with Gasteiger partial charge in [-0.15, -0.1) is 0 Å². The van der Waals surface area contributed by atoms with E-state index in [1.165, 1.54) is 51.4 Å². The SMILES string of the molecule is CC(O)[C@H]1C(O)C[C@H]2[C@@H]3CCC4CCCC[C@]4(C)[C@H]3CC[C@]12C. The van der Waals surface area contributed by atoms with Crippen LogP contribution < -0.4 is 0 Å². The van der Waals surface area contributed by atoms with E-state index < -0.39 is 0 Å². The second kappa shape index (κ2) is 5.46. The van der Waals surface area contributed by atoms with E-state index in [1.807, 2.05) is 6.92 Å². The zero-order chi connectivity index (χ0) is 16.4. The maximum atomic E-state index is 10.7. The summed E-state index contributed by atoms with van der Waals surface area (Å²) in [5.74, 6) is 3.35. The molecule has 4 fully saturated rings. The summed E-state index contributed by atoms with van der Waals surface area (Å²) in [6.07, 6.45) is 11.4. The average Bonchev–Trinajstić information content (AvgIpc) is 2.77. The predicted octanol–water partition coefficient (Wildman–Crippen LogP) is 4.39. The molecule has 4 aliphatic carbocycles. The summed E-state index contributed by atoms with van der Waals surface area (Å²) in [7, 11) is 0. The summed E-state index contributed by atoms with van der Waals surface area (Å²) in [6.45, 7) is 6.89. The first kappa shape index (κ1) is 16.4. The van der Waals surface area contributed by atoms with Crippen LogP contribution in [0.25, 0.3) is 0 Å². The highest BCUT2D eigenvalue weighted by molar-refractivity contribution is 5.11. The van der Waals surface area contributed by atoms with Crippen molar-refractivity contribution in [3.05, 3.63) is 0 Å². The van der Waals surface area contributed by atoms with Crippen molar-refractivity contribution in [1.82, 2.24) is 0 Å². The third-order valence-corrected chi connectivity index (χ3v) is 9.21. The molecule has 132 valence electrons. The molecule has 2 N–H and O–H groups in total. The van der Waals surface area contributed by atoms with Gasteiger partial charge in [-0.3, -0.25) is 0 Å². The van der Waals surface area contributed by atoms with Gasteiger partial charge in [0.25, 0.3) is 0 Å². The van der Waals surface area contributed by atoms with Gasteiger partial charge in [-0.1, -0.05) is 26.7 Å². The highest BCUT2D eigenvalue weighted by Crippen LogP contribution is 2.67. The van der Waals surface area contributed by atoms with Gasteiger partial charge < -0.3 is 10.2 Å². The Bertz CT molecular complexity index is 461. The minimum atomic E-state index is -0.377. The number of rotatable bonds is 1. The van der Waals surface area contributed by atoms with Crippen molar-refractivity contribution in [2.45, 2.75) is 90.8 Å². The van der Waals surface area contributed by atoms with Crippen LogP contribution in [0.5, 0.6) is 0 Å². The van der Waals surface area contributed by atoms with E-state index in [-0.39, 0.29) is 23.5 Å². The molecule has 0 radical (unpaired) electrons. The third kappa shape index (κ3) is 2.20. The molecule has 3 unspecified atom stereocenters. The fourth-order valence-corrected chi connectivity index (χ4v) is 8.22. The van der Waals surface area contributed by atoms with Crippen molar-refractivity contribution in [1.29, 1.82) is 0 Å². The number of hydrogen-bond donors (Lipinski definition) is 2. The molecule has 23 heavy (non-hydrogen) atoms. The maximum Gasteiger partial charge on any atom is 0.0601 e. The van der Waals surface area contributed by atoms with Gasteiger partial charge in [0, 0.05) is 5.92 Å². The van der Waals surface area contributed by atoms with Crippen LogP contribution in [0.15, 0.2) is 0 Å². The van der Waals surface area contributed by atoms with Crippen molar-refractivity contribution in [3.8, 4) is 0 Å². The summed E-state index contributed by atoms with van der Waals surface area (Å²) >= 11 is 0. The van der Waals surface area contributed by atoms with Crippen LogP contribution >= 0.6 is 0 Å². The van der Waals surface area contributed by atoms with E-state index in [9.17, 15) is 10.2 Å². The van der Waals surface area contributed by atoms with E-state index >= 15 is 0 Å². The standard InChI is InChI=1S/C21H36O2/c1-13(22)19-18(23)12-17-15-8-7-14-6-4-5-10-20(14,2)16(15)9-11-21(17,19)3/h13-19,22-23H,4-12H2,1-3H3/t13?,14?,15-,16+,17+,18?,19+,20+,21+/m1/s1. The Morgan fingerprint density at radius 2 is 1.70 bits per heavy atom. The van der Waals surface area contributed by atoms with Crippen LogP contribution in [0.3, 0.4) is 0 Å². The molecule has 9 atom stereocenters. The lowest BCUT2D eigenvalue weighted by atomic mass is 9.45. The van der Waals surface area contributed by atoms with Gasteiger partial charge in [0.15, 0.2) is 0 Å². The normalized spacial score (nSPS) is 57.3. The molecule has 4 aliphatic rings. The van der Waals surface area contributed by atoms with Crippen LogP contribution in [-0.2, 0) is 0 Å². The summed E-state index contributed by atoms with van der Waals surface area (Å²) in [5.41, 5.74) is 0.725. The average molecular weight is 321 g/mol. The third-order valence-electron chi connectivity index (χ3n) is 9.21. The maximum absolute atomic E-state index is 10.7. The zero-order valence-corrected chi connectivity index (χ0v) is 15.3. The quantitative estimate of drug-likeness (QED) is 0.752. The van der Waals surface area contributed by atoms with E-state index in [1.54, 1.807) is 0 Å². The Hall–Kier alpha value is -0.0800. The molecule has 0 amide bonds. The Morgan fingerprint density at radius 1 is 0.913 bits per heavy atom. The lowest BCUT2D eigenvalue weighted by Gasteiger charge is -2.60. The van der Waals surface area contributed by atoms with Gasteiger partial charge in [0.05, 0.1) is 12.2 Å². The minimum absolute atomic E-state index is 0.0883. The second-order valence-corrected chi connectivity index (χ2v) is 10.0. The predicted molar refractivity (Wildman–Crippen MR) is 92.9 cm³/mol. The molecule has 0 saturated heterocycles. The summed E-state index contributed by atoms with van der Waals surface area (Å²) in [5, 5.41) is 21.0. The Balaban J connectivity index is 1.64. The summed E-state index contributed by atoms with van der Waals surface area (Å²) < 4.78 is 0. The van der Waals surface area contributed by atoms with Crippen molar-refractivity contribution in [2.75, 3.05) is 0 Å². The molecule has 2 nitrogen and oxygen atoms in total. The van der Waals surface area contributed by atoms with Crippen molar-refractivity contribution >= 4 is 0 Å². The van der Waals surface area contributed by atoms with Gasteiger partial charge in [0.2, 0.25) is 0 Å². The Labute approximate surface area is 142 Å². The fourth-order valence-electron chi connectivity index (χ4n) is 8.22. The van der Waals surface area contributed by atoms with Gasteiger partial charge in [-0.25, -0.2) is 0 Å². The molecular weight excluding hydrogens is 284 g/mol. The number of aliphatic hydroxyl groups is 2. The monoisotopic (exact) mass is 320 g/mol. The topological polar surface area (TPSA) is 40.5 Å². The Morgan fingerprint density at radius 3 is 2.43 bits per heavy atom. The number of aliphatic hydroxyl groups excluding tert-OH is 2. The first-order chi connectivity index (χ1) is 10.9. The van der Waals surface area contributed by atoms with E-state index in [0.29, 0.717) is 11.3 Å². The molecule has 0 spiro atoms. The summed E-state index contributed by atoms with van der Waals surface area (Å²) in [4.78, 5) is 0. The van der Waals surface area contributed by atoms with Crippen LogP contribution in [0, 0.1) is 40.4 Å². The molecule has 0 aromatic rings. The summed E-state index contributed by atoms with van der Waals surface area (Å²) in [6, 6.07) is 0. The van der Waals surface area contributed by atoms with Gasteiger partial charge in [-0.2, -0.15) is 0 Å². The van der Waals surface area contributed by atoms with E-state index in [4.69, 9.17) is 0 Å². The molecule has 0 aromatic carbocycles. The number of fused-ring (bicyclic) bond motifs is 5. The molecule has 0 aliphatic heterocycles. The second-order valence-electron chi connectivity index (χ2n) is 10.0. The van der Waals surface area contributed by atoms with Crippen molar-refractivity contribution < 1.29 is 10.2 Å². The van der Waals surface area contributed by atoms with Crippen LogP contribution in [-0.4, -0.2) is 22.4 Å². The van der Waals surface area contributed by atoms with Crippen LogP contribution in [0.4, 0.5) is 0 Å². The Kier molecular flexibility index (Phi) is 3.89. The van der Waals surface area contributed by atoms with E-state index in [2.05, 4.69) is 13.8 Å². The van der Waals surface area contributed by atoms with Crippen molar-refractivity contribution in [3.63, 3.8) is 0 Å².